The lowest BCUT2D eigenvalue weighted by molar-refractivity contribution is -0.137. The summed E-state index contributed by atoms with van der Waals surface area (Å²) in [5.74, 6) is -0.270. The van der Waals surface area contributed by atoms with Gasteiger partial charge in [-0.2, -0.15) is 13.2 Å². The first kappa shape index (κ1) is 29.3. The summed E-state index contributed by atoms with van der Waals surface area (Å²) in [7, 11) is 0. The molecule has 0 unspecified atom stereocenters. The number of rotatable bonds is 7. The minimum Gasteiger partial charge on any atom is -0.444 e. The van der Waals surface area contributed by atoms with Gasteiger partial charge in [-0.3, -0.25) is 4.79 Å². The van der Waals surface area contributed by atoms with E-state index in [-0.39, 0.29) is 18.5 Å². The molecule has 2 heterocycles. The summed E-state index contributed by atoms with van der Waals surface area (Å²) in [5.41, 5.74) is 1.59. The smallest absolute Gasteiger partial charge is 0.416 e. The Bertz CT molecular complexity index is 1410. The largest absolute Gasteiger partial charge is 0.444 e. The Hall–Kier alpha value is -3.70. The summed E-state index contributed by atoms with van der Waals surface area (Å²) in [6.07, 6.45) is -1.72. The Balaban J connectivity index is 1.49. The van der Waals surface area contributed by atoms with Crippen molar-refractivity contribution >= 4 is 28.9 Å². The van der Waals surface area contributed by atoms with E-state index in [0.717, 1.165) is 28.3 Å². The van der Waals surface area contributed by atoms with Gasteiger partial charge in [0.1, 0.15) is 15.5 Å². The normalized spacial score (nSPS) is 14.4. The zero-order valence-corrected chi connectivity index (χ0v) is 23.3. The molecule has 0 aliphatic carbocycles. The zero-order valence-electron chi connectivity index (χ0n) is 22.5. The fourth-order valence-electron chi connectivity index (χ4n) is 4.02. The second-order valence-electron chi connectivity index (χ2n) is 10.3. The predicted octanol–water partition coefficient (Wildman–Crippen LogP) is 6.76. The van der Waals surface area contributed by atoms with E-state index in [1.54, 1.807) is 45.0 Å². The quantitative estimate of drug-likeness (QED) is 0.326. The van der Waals surface area contributed by atoms with Crippen molar-refractivity contribution in [1.29, 1.82) is 0 Å². The van der Waals surface area contributed by atoms with E-state index in [9.17, 15) is 22.8 Å². The lowest BCUT2D eigenvalue weighted by Crippen LogP contribution is -2.32. The molecule has 1 atom stereocenters. The summed E-state index contributed by atoms with van der Waals surface area (Å²) in [4.78, 5) is 29.7. The van der Waals surface area contributed by atoms with Crippen LogP contribution < -0.4 is 10.6 Å². The van der Waals surface area contributed by atoms with E-state index in [1.807, 2.05) is 13.0 Å². The first-order valence-corrected chi connectivity index (χ1v) is 13.4. The lowest BCUT2D eigenvalue weighted by Gasteiger charge is -2.20. The molecule has 212 valence electrons. The van der Waals surface area contributed by atoms with Crippen LogP contribution in [0.4, 0.5) is 18.0 Å². The van der Waals surface area contributed by atoms with Crippen LogP contribution in [-0.4, -0.2) is 35.8 Å². The van der Waals surface area contributed by atoms with Crippen molar-refractivity contribution in [3.63, 3.8) is 0 Å². The number of halogens is 3. The summed E-state index contributed by atoms with van der Waals surface area (Å²) >= 11 is 1.29. The Labute approximate surface area is 234 Å². The summed E-state index contributed by atoms with van der Waals surface area (Å²) in [5, 5.41) is 6.29. The van der Waals surface area contributed by atoms with Crippen LogP contribution in [0, 0.1) is 0 Å². The molecule has 0 bridgehead atoms. The number of benzene rings is 2. The van der Waals surface area contributed by atoms with Crippen LogP contribution in [0.3, 0.4) is 0 Å². The molecule has 3 aromatic rings. The Morgan fingerprint density at radius 1 is 1.12 bits per heavy atom. The molecule has 0 fully saturated rings. The van der Waals surface area contributed by atoms with Gasteiger partial charge in [-0.25, -0.2) is 9.78 Å². The number of carbonyl (C=O) groups excluding carboxylic acids is 2. The van der Waals surface area contributed by atoms with E-state index < -0.39 is 23.4 Å². The third-order valence-electron chi connectivity index (χ3n) is 6.04. The number of ether oxygens (including phenoxy) is 2. The third kappa shape index (κ3) is 7.48. The summed E-state index contributed by atoms with van der Waals surface area (Å²) < 4.78 is 51.0. The monoisotopic (exact) mass is 573 g/mol. The summed E-state index contributed by atoms with van der Waals surface area (Å²) in [6.45, 7) is 7.98. The number of hydrogen-bond acceptors (Lipinski definition) is 6. The molecule has 0 saturated carbocycles. The molecule has 2 N–H and O–H groups in total. The van der Waals surface area contributed by atoms with Crippen molar-refractivity contribution in [2.45, 2.75) is 52.1 Å². The van der Waals surface area contributed by atoms with Gasteiger partial charge in [-0.1, -0.05) is 36.4 Å². The van der Waals surface area contributed by atoms with Crippen LogP contribution in [0.15, 0.2) is 54.7 Å². The van der Waals surface area contributed by atoms with E-state index in [4.69, 9.17) is 9.47 Å². The van der Waals surface area contributed by atoms with Crippen molar-refractivity contribution in [3.05, 3.63) is 81.3 Å². The van der Waals surface area contributed by atoms with Crippen LogP contribution in [0.1, 0.15) is 65.1 Å². The molecule has 0 spiro atoms. The minimum atomic E-state index is -4.53. The number of hydrogen-bond donors (Lipinski definition) is 2. The summed E-state index contributed by atoms with van der Waals surface area (Å²) in [6, 6.07) is 9.94. The first-order valence-electron chi connectivity index (χ1n) is 12.6. The lowest BCUT2D eigenvalue weighted by atomic mass is 9.95. The van der Waals surface area contributed by atoms with Gasteiger partial charge in [0.05, 0.1) is 31.0 Å². The minimum absolute atomic E-state index is 0.0174. The predicted molar refractivity (Wildman–Crippen MR) is 147 cm³/mol. The number of thiazole rings is 1. The average molecular weight is 574 g/mol. The molecule has 7 nitrogen and oxygen atoms in total. The SMILES string of the molecule is C[C@@H](NC(=O)c1cnc(C2=CCOC2)s1)c1ccc(-c2cc(C(F)(F)F)ccc2CNC(=O)OC(C)(C)C)cc1. The third-order valence-corrected chi connectivity index (χ3v) is 7.11. The van der Waals surface area contributed by atoms with E-state index in [1.165, 1.54) is 23.6 Å². The zero-order chi connectivity index (χ0) is 29.1. The molecule has 40 heavy (non-hydrogen) atoms. The van der Waals surface area contributed by atoms with Crippen molar-refractivity contribution in [1.82, 2.24) is 15.6 Å². The van der Waals surface area contributed by atoms with Crippen molar-refractivity contribution in [3.8, 4) is 11.1 Å². The average Bonchev–Trinajstić information content (AvgIpc) is 3.58. The number of carbonyl (C=O) groups is 2. The highest BCUT2D eigenvalue weighted by atomic mass is 32.1. The molecule has 1 aliphatic rings. The molecule has 0 radical (unpaired) electrons. The van der Waals surface area contributed by atoms with Gasteiger partial charge in [-0.15, -0.1) is 11.3 Å². The highest BCUT2D eigenvalue weighted by molar-refractivity contribution is 7.14. The highest BCUT2D eigenvalue weighted by Gasteiger charge is 2.31. The molecular formula is C29H30F3N3O4S. The fraction of sp³-hybridized carbons (Fsp3) is 0.345. The Morgan fingerprint density at radius 3 is 2.48 bits per heavy atom. The maximum Gasteiger partial charge on any atom is 0.416 e. The van der Waals surface area contributed by atoms with Crippen molar-refractivity contribution in [2.24, 2.45) is 0 Å². The number of amides is 2. The fourth-order valence-corrected chi connectivity index (χ4v) is 4.87. The van der Waals surface area contributed by atoms with Crippen LogP contribution in [-0.2, 0) is 22.2 Å². The van der Waals surface area contributed by atoms with Gasteiger partial charge < -0.3 is 20.1 Å². The van der Waals surface area contributed by atoms with Crippen molar-refractivity contribution in [2.75, 3.05) is 13.2 Å². The van der Waals surface area contributed by atoms with Crippen molar-refractivity contribution < 1.29 is 32.2 Å². The maximum atomic E-state index is 13.5. The Morgan fingerprint density at radius 2 is 1.85 bits per heavy atom. The van der Waals surface area contributed by atoms with Gasteiger partial charge in [0.25, 0.3) is 5.91 Å². The molecular weight excluding hydrogens is 543 g/mol. The van der Waals surface area contributed by atoms with Gasteiger partial charge in [0.2, 0.25) is 0 Å². The van der Waals surface area contributed by atoms with Gasteiger partial charge >= 0.3 is 12.3 Å². The number of alkyl carbamates (subject to hydrolysis) is 1. The van der Waals surface area contributed by atoms with Crippen LogP contribution >= 0.6 is 11.3 Å². The molecule has 1 aliphatic heterocycles. The number of alkyl halides is 3. The van der Waals surface area contributed by atoms with E-state index >= 15 is 0 Å². The number of aromatic nitrogens is 1. The molecule has 2 amide bonds. The standard InChI is InChI=1S/C29H30F3N3O4S/c1-17(35-25(36)24-15-33-26(40-24)21-11-12-38-16-21)18-5-7-19(8-6-18)23-13-22(29(30,31)32)10-9-20(23)14-34-27(37)39-28(2,3)4/h5-11,13,15,17H,12,14,16H2,1-4H3,(H,34,37)(H,35,36)/t17-/m1/s1. The van der Waals surface area contributed by atoms with Gasteiger partial charge in [0.15, 0.2) is 0 Å². The molecule has 0 saturated heterocycles. The first-order chi connectivity index (χ1) is 18.8. The van der Waals surface area contributed by atoms with E-state index in [2.05, 4.69) is 15.6 Å². The molecule has 11 heteroatoms. The topological polar surface area (TPSA) is 89.5 Å². The highest BCUT2D eigenvalue weighted by Crippen LogP contribution is 2.35. The number of nitrogens with zero attached hydrogens (tertiary/aromatic N) is 1. The molecule has 1 aromatic heterocycles. The molecule has 4 rings (SSSR count). The maximum absolute atomic E-state index is 13.5. The number of nitrogens with one attached hydrogen (secondary N) is 2. The van der Waals surface area contributed by atoms with Crippen LogP contribution in [0.2, 0.25) is 0 Å². The molecule has 2 aromatic carbocycles. The van der Waals surface area contributed by atoms with Crippen LogP contribution in [0.5, 0.6) is 0 Å². The van der Waals surface area contributed by atoms with E-state index in [0.29, 0.717) is 34.8 Å². The second kappa shape index (κ2) is 11.8. The second-order valence-corrected chi connectivity index (χ2v) is 11.3. The Kier molecular flexibility index (Phi) is 8.65. The van der Waals surface area contributed by atoms with Gasteiger partial charge in [0, 0.05) is 12.1 Å². The van der Waals surface area contributed by atoms with Gasteiger partial charge in [-0.05, 0) is 62.1 Å². The van der Waals surface area contributed by atoms with Crippen LogP contribution in [0.25, 0.3) is 16.7 Å².